The van der Waals surface area contributed by atoms with E-state index in [1.807, 2.05) is 0 Å². The molecule has 1 aliphatic rings. The van der Waals surface area contributed by atoms with Crippen LogP contribution < -0.4 is 0 Å². The van der Waals surface area contributed by atoms with E-state index < -0.39 is 5.97 Å². The number of carbonyl (C=O) groups is 1. The summed E-state index contributed by atoms with van der Waals surface area (Å²) in [6.07, 6.45) is 5.41. The topological polar surface area (TPSA) is 70.7 Å². The zero-order valence-electron chi connectivity index (χ0n) is 10.6. The third-order valence-electron chi connectivity index (χ3n) is 3.44. The van der Waals surface area contributed by atoms with Crippen LogP contribution in [-0.2, 0) is 6.54 Å². The minimum Gasteiger partial charge on any atom is -0.478 e. The Morgan fingerprint density at radius 3 is 2.84 bits per heavy atom. The Hall–Kier alpha value is -1.95. The summed E-state index contributed by atoms with van der Waals surface area (Å²) in [5, 5.41) is 13.3. The van der Waals surface area contributed by atoms with Crippen molar-refractivity contribution >= 4 is 11.6 Å². The van der Waals surface area contributed by atoms with Gasteiger partial charge < -0.3 is 5.11 Å². The molecule has 1 N–H and O–H groups in total. The van der Waals surface area contributed by atoms with Gasteiger partial charge in [0.15, 0.2) is 11.5 Å². The van der Waals surface area contributed by atoms with Crippen LogP contribution in [0.2, 0.25) is 0 Å². The zero-order chi connectivity index (χ0) is 13.2. The van der Waals surface area contributed by atoms with Crippen LogP contribution in [0.25, 0.3) is 5.65 Å². The number of nitrogens with zero attached hydrogens (tertiary/aromatic N) is 4. The average Bonchev–Trinajstić information content (AvgIpc) is 2.80. The molecule has 1 saturated heterocycles. The number of carboxylic acids is 1. The van der Waals surface area contributed by atoms with Crippen molar-refractivity contribution in [3.63, 3.8) is 0 Å². The Balaban J connectivity index is 1.82. The molecular weight excluding hydrogens is 244 g/mol. The van der Waals surface area contributed by atoms with Crippen molar-refractivity contribution in [1.82, 2.24) is 19.5 Å². The van der Waals surface area contributed by atoms with Gasteiger partial charge in [-0.15, -0.1) is 5.10 Å². The molecule has 0 saturated carbocycles. The van der Waals surface area contributed by atoms with E-state index in [-0.39, 0.29) is 5.56 Å². The first kappa shape index (κ1) is 12.1. The van der Waals surface area contributed by atoms with Crippen LogP contribution in [0.4, 0.5) is 0 Å². The Labute approximate surface area is 110 Å². The highest BCUT2D eigenvalue weighted by Crippen LogP contribution is 2.12. The van der Waals surface area contributed by atoms with Gasteiger partial charge in [-0.1, -0.05) is 6.42 Å². The number of rotatable bonds is 3. The second-order valence-electron chi connectivity index (χ2n) is 4.89. The molecule has 0 spiro atoms. The van der Waals surface area contributed by atoms with E-state index in [0.717, 1.165) is 25.5 Å². The molecule has 0 radical (unpaired) electrons. The number of carboxylic acid groups (broad SMARTS) is 1. The minimum atomic E-state index is -0.942. The van der Waals surface area contributed by atoms with Crippen LogP contribution in [0.1, 0.15) is 35.4 Å². The lowest BCUT2D eigenvalue weighted by atomic mass is 10.1. The van der Waals surface area contributed by atoms with Gasteiger partial charge in [0.25, 0.3) is 0 Å². The average molecular weight is 260 g/mol. The molecule has 19 heavy (non-hydrogen) atoms. The fraction of sp³-hybridized carbons (Fsp3) is 0.462. The standard InChI is InChI=1S/C13H16N4O2/c18-13(19)10-4-7-17-12(8-10)14-11(15-17)9-16-5-2-1-3-6-16/h4,7-8H,1-3,5-6,9H2,(H,18,19). The summed E-state index contributed by atoms with van der Waals surface area (Å²) in [7, 11) is 0. The first-order valence-electron chi connectivity index (χ1n) is 6.53. The third kappa shape index (κ3) is 2.58. The summed E-state index contributed by atoms with van der Waals surface area (Å²) in [6, 6.07) is 3.09. The quantitative estimate of drug-likeness (QED) is 0.903. The molecular formula is C13H16N4O2. The van der Waals surface area contributed by atoms with Gasteiger partial charge in [0.1, 0.15) is 0 Å². The van der Waals surface area contributed by atoms with Gasteiger partial charge >= 0.3 is 5.97 Å². The predicted octanol–water partition coefficient (Wildman–Crippen LogP) is 1.41. The van der Waals surface area contributed by atoms with E-state index in [1.165, 1.54) is 25.3 Å². The summed E-state index contributed by atoms with van der Waals surface area (Å²) in [5.41, 5.74) is 0.830. The normalized spacial score (nSPS) is 16.8. The molecule has 0 aromatic carbocycles. The maximum absolute atomic E-state index is 10.9. The van der Waals surface area contributed by atoms with Crippen LogP contribution in [0.15, 0.2) is 18.3 Å². The molecule has 3 heterocycles. The molecule has 1 aliphatic heterocycles. The van der Waals surface area contributed by atoms with Gasteiger partial charge in [0.2, 0.25) is 0 Å². The summed E-state index contributed by atoms with van der Waals surface area (Å²) in [5.74, 6) is -0.187. The lowest BCUT2D eigenvalue weighted by Gasteiger charge is -2.24. The van der Waals surface area contributed by atoms with Gasteiger partial charge in [-0.25, -0.2) is 14.3 Å². The van der Waals surface area contributed by atoms with E-state index >= 15 is 0 Å². The second kappa shape index (κ2) is 4.97. The first-order chi connectivity index (χ1) is 9.22. The Morgan fingerprint density at radius 2 is 2.11 bits per heavy atom. The Morgan fingerprint density at radius 1 is 1.32 bits per heavy atom. The molecule has 6 heteroatoms. The molecule has 0 atom stereocenters. The van der Waals surface area contributed by atoms with Gasteiger partial charge in [0, 0.05) is 6.20 Å². The number of pyridine rings is 1. The van der Waals surface area contributed by atoms with E-state index in [4.69, 9.17) is 5.11 Å². The fourth-order valence-electron chi connectivity index (χ4n) is 2.45. The fourth-order valence-corrected chi connectivity index (χ4v) is 2.45. The molecule has 100 valence electrons. The molecule has 6 nitrogen and oxygen atoms in total. The van der Waals surface area contributed by atoms with Crippen LogP contribution in [0.5, 0.6) is 0 Å². The van der Waals surface area contributed by atoms with Crippen LogP contribution in [0, 0.1) is 0 Å². The Kier molecular flexibility index (Phi) is 3.16. The number of hydrogen-bond acceptors (Lipinski definition) is 4. The van der Waals surface area contributed by atoms with E-state index in [0.29, 0.717) is 5.65 Å². The van der Waals surface area contributed by atoms with Gasteiger partial charge in [-0.2, -0.15) is 0 Å². The minimum absolute atomic E-state index is 0.240. The zero-order valence-corrected chi connectivity index (χ0v) is 10.6. The maximum Gasteiger partial charge on any atom is 0.335 e. The van der Waals surface area contributed by atoms with Crippen molar-refractivity contribution in [1.29, 1.82) is 0 Å². The molecule has 0 unspecified atom stereocenters. The molecule has 0 amide bonds. The highest BCUT2D eigenvalue weighted by Gasteiger charge is 2.14. The number of likely N-dealkylation sites (tertiary alicyclic amines) is 1. The summed E-state index contributed by atoms with van der Waals surface area (Å²) in [6.45, 7) is 2.93. The van der Waals surface area contributed by atoms with Crippen molar-refractivity contribution < 1.29 is 9.90 Å². The molecule has 0 aliphatic carbocycles. The third-order valence-corrected chi connectivity index (χ3v) is 3.44. The van der Waals surface area contributed by atoms with Crippen molar-refractivity contribution in [2.75, 3.05) is 13.1 Å². The highest BCUT2D eigenvalue weighted by atomic mass is 16.4. The van der Waals surface area contributed by atoms with Gasteiger partial charge in [0.05, 0.1) is 12.1 Å². The smallest absolute Gasteiger partial charge is 0.335 e. The molecule has 2 aromatic heterocycles. The summed E-state index contributed by atoms with van der Waals surface area (Å²) >= 11 is 0. The number of aromatic carboxylic acids is 1. The van der Waals surface area contributed by atoms with Crippen LogP contribution in [0.3, 0.4) is 0 Å². The number of hydrogen-bond donors (Lipinski definition) is 1. The predicted molar refractivity (Wildman–Crippen MR) is 69.1 cm³/mol. The van der Waals surface area contributed by atoms with Crippen LogP contribution >= 0.6 is 0 Å². The van der Waals surface area contributed by atoms with E-state index in [2.05, 4.69) is 15.0 Å². The molecule has 2 aromatic rings. The van der Waals surface area contributed by atoms with Crippen molar-refractivity contribution in [2.24, 2.45) is 0 Å². The SMILES string of the molecule is O=C(O)c1ccn2nc(CN3CCCCC3)nc2c1. The molecule has 1 fully saturated rings. The molecule has 0 bridgehead atoms. The number of aromatic nitrogens is 3. The van der Waals surface area contributed by atoms with Crippen LogP contribution in [-0.4, -0.2) is 43.7 Å². The van der Waals surface area contributed by atoms with Gasteiger partial charge in [-0.3, -0.25) is 4.90 Å². The van der Waals surface area contributed by atoms with Crippen molar-refractivity contribution in [3.05, 3.63) is 29.7 Å². The second-order valence-corrected chi connectivity index (χ2v) is 4.89. The first-order valence-corrected chi connectivity index (χ1v) is 6.53. The largest absolute Gasteiger partial charge is 0.478 e. The summed E-state index contributed by atoms with van der Waals surface area (Å²) < 4.78 is 1.63. The maximum atomic E-state index is 10.9. The van der Waals surface area contributed by atoms with E-state index in [9.17, 15) is 4.79 Å². The molecule has 3 rings (SSSR count). The number of fused-ring (bicyclic) bond motifs is 1. The number of piperidine rings is 1. The van der Waals surface area contributed by atoms with Crippen molar-refractivity contribution in [3.8, 4) is 0 Å². The van der Waals surface area contributed by atoms with E-state index in [1.54, 1.807) is 16.8 Å². The van der Waals surface area contributed by atoms with Gasteiger partial charge in [-0.05, 0) is 38.1 Å². The Bertz CT molecular complexity index is 602. The lowest BCUT2D eigenvalue weighted by Crippen LogP contribution is -2.29. The lowest BCUT2D eigenvalue weighted by molar-refractivity contribution is 0.0697. The highest BCUT2D eigenvalue weighted by molar-refractivity contribution is 5.88. The monoisotopic (exact) mass is 260 g/mol. The van der Waals surface area contributed by atoms with Crippen molar-refractivity contribution in [2.45, 2.75) is 25.8 Å². The summed E-state index contributed by atoms with van der Waals surface area (Å²) in [4.78, 5) is 17.6.